The number of nitrogens with zero attached hydrogens (tertiary/aromatic N) is 2. The second-order valence-corrected chi connectivity index (χ2v) is 17.2. The number of benzene rings is 4. The predicted molar refractivity (Wildman–Crippen MR) is 253 cm³/mol. The molecule has 10 amide bonds. The fourth-order valence-electron chi connectivity index (χ4n) is 6.75. The van der Waals surface area contributed by atoms with Gasteiger partial charge in [0.1, 0.15) is 5.82 Å². The summed E-state index contributed by atoms with van der Waals surface area (Å²) < 4.78 is 0. The summed E-state index contributed by atoms with van der Waals surface area (Å²) in [5, 5.41) is 37.2. The van der Waals surface area contributed by atoms with Gasteiger partial charge in [-0.15, -0.1) is 0 Å². The van der Waals surface area contributed by atoms with Crippen molar-refractivity contribution < 1.29 is 24.0 Å². The van der Waals surface area contributed by atoms with Crippen molar-refractivity contribution in [2.75, 3.05) is 52.8 Å². The van der Waals surface area contributed by atoms with Gasteiger partial charge in [0.15, 0.2) is 0 Å². The van der Waals surface area contributed by atoms with E-state index in [1.54, 1.807) is 72.9 Å². The van der Waals surface area contributed by atoms with Gasteiger partial charge in [-0.1, -0.05) is 70.2 Å². The Morgan fingerprint density at radius 1 is 0.523 bits per heavy atom. The minimum absolute atomic E-state index is 0.291. The van der Waals surface area contributed by atoms with Gasteiger partial charge < -0.3 is 47.9 Å². The molecular weight excluding hydrogens is 825 g/mol. The molecule has 0 aliphatic heterocycles. The summed E-state index contributed by atoms with van der Waals surface area (Å²) in [4.78, 5) is 67.2. The van der Waals surface area contributed by atoms with Crippen LogP contribution >= 0.6 is 0 Å². The van der Waals surface area contributed by atoms with E-state index in [0.29, 0.717) is 74.1 Å². The maximum Gasteiger partial charge on any atom is 0.320 e. The Kier molecular flexibility index (Phi) is 15.2. The molecule has 0 saturated carbocycles. The first-order chi connectivity index (χ1) is 31.1. The van der Waals surface area contributed by atoms with Crippen LogP contribution in [0.2, 0.25) is 0 Å². The topological polar surface area (TPSA) is 242 Å². The molecule has 17 heteroatoms. The fourth-order valence-corrected chi connectivity index (χ4v) is 6.75. The van der Waals surface area contributed by atoms with Crippen molar-refractivity contribution in [1.82, 2.24) is 31.6 Å². The number of carbonyl (C=O) groups excluding carboxylic acids is 5. The van der Waals surface area contributed by atoms with E-state index in [4.69, 9.17) is 5.26 Å². The Bertz CT molecular complexity index is 2540. The van der Waals surface area contributed by atoms with Crippen LogP contribution in [0.15, 0.2) is 109 Å². The summed E-state index contributed by atoms with van der Waals surface area (Å²) in [5.74, 6) is 0.449. The van der Waals surface area contributed by atoms with Crippen molar-refractivity contribution in [2.45, 2.75) is 47.1 Å². The van der Waals surface area contributed by atoms with E-state index in [2.05, 4.69) is 64.2 Å². The summed E-state index contributed by atoms with van der Waals surface area (Å²) in [6, 6.07) is 31.2. The fraction of sp³-hybridized carbons (Fsp3) is 0.271. The highest BCUT2D eigenvalue weighted by Crippen LogP contribution is 2.39. The molecular formula is C48H54N12O5. The van der Waals surface area contributed by atoms with Gasteiger partial charge in [0.05, 0.1) is 12.5 Å². The maximum absolute atomic E-state index is 12.9. The lowest BCUT2D eigenvalue weighted by Crippen LogP contribution is -2.44. The van der Waals surface area contributed by atoms with Crippen molar-refractivity contribution in [3.63, 3.8) is 0 Å². The van der Waals surface area contributed by atoms with Crippen LogP contribution < -0.4 is 53.2 Å². The highest BCUT2D eigenvalue weighted by atomic mass is 16.2. The van der Waals surface area contributed by atoms with Crippen LogP contribution in [0, 0.1) is 22.2 Å². The first-order valence-corrected chi connectivity index (χ1v) is 21.1. The van der Waals surface area contributed by atoms with E-state index < -0.39 is 10.8 Å². The van der Waals surface area contributed by atoms with Gasteiger partial charge in [-0.25, -0.2) is 29.0 Å². The predicted octanol–water partition coefficient (Wildman–Crippen LogP) is 7.98. The molecule has 0 radical (unpaired) electrons. The Hall–Kier alpha value is -8.13. The zero-order valence-electron chi connectivity index (χ0n) is 36.8. The minimum Gasteiger partial charge on any atom is -0.337 e. The van der Waals surface area contributed by atoms with Crippen molar-refractivity contribution in [2.24, 2.45) is 10.8 Å². The molecule has 0 atom stereocenters. The number of pyridine rings is 1. The summed E-state index contributed by atoms with van der Waals surface area (Å²) in [5.41, 5.74) is 7.46. The van der Waals surface area contributed by atoms with Crippen LogP contribution in [0.1, 0.15) is 49.9 Å². The second kappa shape index (κ2) is 21.3. The average Bonchev–Trinajstić information content (AvgIpc) is 3.64. The summed E-state index contributed by atoms with van der Waals surface area (Å²) in [7, 11) is 0. The first-order valence-electron chi connectivity index (χ1n) is 21.1. The number of hydrogen-bond acceptors (Lipinski definition) is 7. The Morgan fingerprint density at radius 2 is 0.938 bits per heavy atom. The molecule has 1 heterocycles. The van der Waals surface area contributed by atoms with E-state index in [0.717, 1.165) is 33.4 Å². The van der Waals surface area contributed by atoms with Gasteiger partial charge in [0, 0.05) is 61.7 Å². The quantitative estimate of drug-likeness (QED) is 0.0459. The number of carbonyl (C=O) groups is 5. The highest BCUT2D eigenvalue weighted by Gasteiger charge is 2.23. The average molecular weight is 879 g/mol. The van der Waals surface area contributed by atoms with Gasteiger partial charge in [0.25, 0.3) is 0 Å². The number of aromatic nitrogens is 1. The van der Waals surface area contributed by atoms with Crippen molar-refractivity contribution in [3.8, 4) is 17.2 Å². The molecule has 1 aliphatic rings. The van der Waals surface area contributed by atoms with Gasteiger partial charge in [-0.05, 0) is 111 Å². The van der Waals surface area contributed by atoms with Crippen LogP contribution in [0.4, 0.5) is 52.5 Å². The molecule has 0 fully saturated rings. The second-order valence-electron chi connectivity index (χ2n) is 17.2. The van der Waals surface area contributed by atoms with Gasteiger partial charge >= 0.3 is 30.2 Å². The number of nitrogens with one attached hydrogen (secondary N) is 10. The van der Waals surface area contributed by atoms with Crippen molar-refractivity contribution >= 4 is 58.7 Å². The smallest absolute Gasteiger partial charge is 0.320 e. The van der Waals surface area contributed by atoms with E-state index >= 15 is 0 Å². The van der Waals surface area contributed by atoms with Gasteiger partial charge in [0.2, 0.25) is 0 Å². The van der Waals surface area contributed by atoms with E-state index in [9.17, 15) is 24.0 Å². The number of amides is 10. The maximum atomic E-state index is 12.9. The van der Waals surface area contributed by atoms with Crippen LogP contribution in [0.3, 0.4) is 0 Å². The molecule has 0 unspecified atom stereocenters. The third kappa shape index (κ3) is 14.5. The molecule has 336 valence electrons. The lowest BCUT2D eigenvalue weighted by molar-refractivity contribution is 0.237. The largest absolute Gasteiger partial charge is 0.337 e. The van der Waals surface area contributed by atoms with Crippen LogP contribution in [0.5, 0.6) is 0 Å². The van der Waals surface area contributed by atoms with Crippen molar-refractivity contribution in [1.29, 1.82) is 5.26 Å². The van der Waals surface area contributed by atoms with Gasteiger partial charge in [-0.2, -0.15) is 5.26 Å². The molecule has 10 N–H and O–H groups in total. The molecule has 4 aromatic carbocycles. The molecule has 1 aromatic heterocycles. The number of urea groups is 5. The van der Waals surface area contributed by atoms with Crippen LogP contribution in [-0.2, 0) is 19.4 Å². The molecule has 1 aliphatic carbocycles. The molecule has 0 spiro atoms. The lowest BCUT2D eigenvalue weighted by atomic mass is 9.93. The summed E-state index contributed by atoms with van der Waals surface area (Å²) >= 11 is 0. The molecule has 65 heavy (non-hydrogen) atoms. The number of nitriles is 1. The third-order valence-electron chi connectivity index (χ3n) is 10.4. The zero-order valence-corrected chi connectivity index (χ0v) is 36.8. The molecule has 6 rings (SSSR count). The number of hydrogen-bond donors (Lipinski definition) is 10. The molecule has 17 nitrogen and oxygen atoms in total. The van der Waals surface area contributed by atoms with Crippen LogP contribution in [0.25, 0.3) is 11.1 Å². The minimum atomic E-state index is -0.469. The number of rotatable bonds is 16. The zero-order chi connectivity index (χ0) is 46.4. The SMILES string of the molecule is CC(C)(CNC(=O)Nc1ccc(CC#N)cc1)CNC(=O)Nc1ccc2c(c1)Cc1cc(NC(=O)NCC(C)(C)CNC(=O)Nc3ccc(CNC(=O)Nc4ccccn4)cc3)ccc1-2. The Labute approximate surface area is 378 Å². The number of anilines is 5. The number of fused-ring (bicyclic) bond motifs is 3. The Balaban J connectivity index is 0.876. The molecule has 5 aromatic rings. The lowest BCUT2D eigenvalue weighted by Gasteiger charge is -2.25. The standard InChI is InChI=1S/C48H54N12O5/c1-47(2,27-52-43(62)56-35-12-8-31(9-13-35)20-21-49)29-54-45(64)58-37-16-18-39-33(24-37)23-34-25-38(17-19-40(34)39)59-46(65)55-30-48(3,4)28-53-44(63)57-36-14-10-32(11-15-36)26-51-42(61)60-41-7-5-6-22-50-41/h5-19,22,24-25H,20,23,26-30H2,1-4H3,(H2,52,56,62)(H2,53,57,63)(H2,54,58,64)(H2,55,59,65)(H2,50,51,60,61). The first kappa shape index (κ1) is 46.4. The monoisotopic (exact) mass is 878 g/mol. The van der Waals surface area contributed by atoms with E-state index in [1.165, 1.54) is 0 Å². The summed E-state index contributed by atoms with van der Waals surface area (Å²) in [6.07, 6.45) is 2.52. The van der Waals surface area contributed by atoms with E-state index in [-0.39, 0.29) is 30.2 Å². The molecule has 0 saturated heterocycles. The third-order valence-corrected chi connectivity index (χ3v) is 10.4. The normalized spacial score (nSPS) is 11.4. The highest BCUT2D eigenvalue weighted by molar-refractivity contribution is 5.93. The van der Waals surface area contributed by atoms with Crippen LogP contribution in [-0.4, -0.2) is 61.3 Å². The summed E-state index contributed by atoms with van der Waals surface area (Å²) in [6.45, 7) is 9.24. The van der Waals surface area contributed by atoms with E-state index in [1.807, 2.05) is 64.1 Å². The van der Waals surface area contributed by atoms with Gasteiger partial charge in [-0.3, -0.25) is 5.32 Å². The van der Waals surface area contributed by atoms with Crippen molar-refractivity contribution in [3.05, 3.63) is 132 Å². The Morgan fingerprint density at radius 3 is 1.37 bits per heavy atom. The molecule has 0 bridgehead atoms.